The third-order valence-electron chi connectivity index (χ3n) is 11.8. The molecule has 0 unspecified atom stereocenters. The normalized spacial score (nSPS) is 14.5. The lowest BCUT2D eigenvalue weighted by Crippen LogP contribution is -2.30. The zero-order valence-electron chi connectivity index (χ0n) is 48.6. The van der Waals surface area contributed by atoms with E-state index in [4.69, 9.17) is 12.2 Å². The van der Waals surface area contributed by atoms with Gasteiger partial charge in [0.05, 0.1) is 12.0 Å². The fourth-order valence-corrected chi connectivity index (χ4v) is 8.76. The van der Waals surface area contributed by atoms with E-state index in [-0.39, 0.29) is 41.0 Å². The monoisotopic (exact) mass is 1030 g/mol. The van der Waals surface area contributed by atoms with Crippen molar-refractivity contribution in [2.24, 2.45) is 50.3 Å². The number of carbonyl (C=O) groups excluding carboxylic acids is 6. The second kappa shape index (κ2) is 32.4. The SMILES string of the molecule is C.CC(C)CC(=O)CC(C)C.CC(C)CC(=O)CC1CC1.CC1=CC(CC(=O)CC(C)(C)C)=NC1.Cc1ccc(CC(=O)C2(C(=O)CC(C)(C)C)CC2)cc1.Cc1ccc(CC(=O)CC(=S)CC(C)(C)C)cc1. The molecular weight excluding hydrogens is 923 g/mol. The first-order chi connectivity index (χ1) is 33.1. The lowest BCUT2D eigenvalue weighted by atomic mass is 9.81. The summed E-state index contributed by atoms with van der Waals surface area (Å²) in [5.74, 6) is 3.99. The molecular formula is C65H103NO6S. The molecule has 0 atom stereocenters. The van der Waals surface area contributed by atoms with E-state index in [2.05, 4.69) is 88.1 Å². The number of aliphatic imine (C=N–C) groups is 1. The van der Waals surface area contributed by atoms with Crippen LogP contribution in [0.2, 0.25) is 0 Å². The number of hydrogen-bond acceptors (Lipinski definition) is 8. The molecule has 0 radical (unpaired) electrons. The highest BCUT2D eigenvalue weighted by Crippen LogP contribution is 2.50. The predicted octanol–water partition coefficient (Wildman–Crippen LogP) is 16.7. The second-order valence-corrected chi connectivity index (χ2v) is 26.8. The summed E-state index contributed by atoms with van der Waals surface area (Å²) in [7, 11) is 0. The number of carbonyl (C=O) groups is 6. The maximum Gasteiger partial charge on any atom is 0.150 e. The lowest BCUT2D eigenvalue weighted by molar-refractivity contribution is -0.135. The molecule has 0 bridgehead atoms. The van der Waals surface area contributed by atoms with Crippen molar-refractivity contribution in [2.75, 3.05) is 6.54 Å². The summed E-state index contributed by atoms with van der Waals surface area (Å²) >= 11 is 5.29. The number of nitrogens with zero attached hydrogens (tertiary/aromatic N) is 1. The van der Waals surface area contributed by atoms with Crippen LogP contribution in [0.15, 0.2) is 65.2 Å². The Balaban J connectivity index is 0.000000909. The van der Waals surface area contributed by atoms with E-state index in [0.717, 1.165) is 79.1 Å². The van der Waals surface area contributed by atoms with E-state index in [0.29, 0.717) is 73.6 Å². The Labute approximate surface area is 451 Å². The summed E-state index contributed by atoms with van der Waals surface area (Å²) in [5, 5.41) is 0. The number of thiocarbonyl (C=S) groups is 1. The van der Waals surface area contributed by atoms with Gasteiger partial charge >= 0.3 is 0 Å². The summed E-state index contributed by atoms with van der Waals surface area (Å²) in [6.07, 6.45) is 13.0. The van der Waals surface area contributed by atoms with Crippen molar-refractivity contribution in [2.45, 2.75) is 228 Å². The molecule has 2 aromatic rings. The Hall–Kier alpha value is -4.04. The highest BCUT2D eigenvalue weighted by atomic mass is 32.1. The van der Waals surface area contributed by atoms with Crippen LogP contribution in [-0.2, 0) is 41.6 Å². The molecule has 8 heteroatoms. The standard InChI is InChI=1S/C18H24O2.C16H22OS.C12H19NO.C9H16O.C9H18O.CH4/c1-13-5-7-14(8-6-13)11-15(19)18(9-10-18)16(20)12-17(2,3)4;1-12-5-7-13(8-6-12)9-14(17)10-15(18)11-16(2,3)4;1-9-5-10(13-8-9)6-11(14)7-12(2,3)4;1-7(2)5-9(10)6-8-3-4-8;1-7(2)5-9(10)6-8(3)4;/h5-8H,9-12H2,1-4H3;5-8H,9-11H2,1-4H3;5H,6-8H2,1-4H3;7-8H,3-6H2,1-2H3;7-8H,5-6H2,1-4H3;1H4. The van der Waals surface area contributed by atoms with E-state index in [1.807, 2.05) is 96.1 Å². The first-order valence-corrected chi connectivity index (χ1v) is 27.4. The van der Waals surface area contributed by atoms with Gasteiger partial charge in [-0.25, -0.2) is 0 Å². The number of allylic oxidation sites excluding steroid dienone is 1. The van der Waals surface area contributed by atoms with Crippen molar-refractivity contribution in [3.63, 3.8) is 0 Å². The van der Waals surface area contributed by atoms with Crippen LogP contribution in [0.25, 0.3) is 0 Å². The van der Waals surface area contributed by atoms with E-state index in [1.54, 1.807) is 0 Å². The quantitative estimate of drug-likeness (QED) is 0.0903. The molecule has 0 saturated heterocycles. The van der Waals surface area contributed by atoms with Crippen LogP contribution >= 0.6 is 12.2 Å². The average Bonchev–Trinajstić information content (AvgIpc) is 4.13. The molecule has 410 valence electrons. The minimum Gasteiger partial charge on any atom is -0.300 e. The van der Waals surface area contributed by atoms with Gasteiger partial charge in [0.25, 0.3) is 0 Å². The van der Waals surface area contributed by atoms with E-state index in [1.165, 1.54) is 29.5 Å². The topological polar surface area (TPSA) is 115 Å². The van der Waals surface area contributed by atoms with Crippen molar-refractivity contribution in [1.82, 2.24) is 0 Å². The van der Waals surface area contributed by atoms with Gasteiger partial charge < -0.3 is 0 Å². The molecule has 0 N–H and O–H groups in total. The summed E-state index contributed by atoms with van der Waals surface area (Å²) in [5.41, 5.74) is 6.26. The Morgan fingerprint density at radius 3 is 1.36 bits per heavy atom. The first-order valence-electron chi connectivity index (χ1n) is 27.0. The van der Waals surface area contributed by atoms with Crippen molar-refractivity contribution in [1.29, 1.82) is 0 Å². The van der Waals surface area contributed by atoms with Crippen LogP contribution in [0, 0.1) is 59.2 Å². The molecule has 5 rings (SSSR count). The smallest absolute Gasteiger partial charge is 0.150 e. The van der Waals surface area contributed by atoms with Gasteiger partial charge in [0.2, 0.25) is 0 Å². The van der Waals surface area contributed by atoms with E-state index < -0.39 is 5.41 Å². The Morgan fingerprint density at radius 1 is 0.562 bits per heavy atom. The maximum absolute atomic E-state index is 12.5. The predicted molar refractivity (Wildman–Crippen MR) is 314 cm³/mol. The zero-order valence-corrected chi connectivity index (χ0v) is 49.4. The van der Waals surface area contributed by atoms with Crippen LogP contribution in [0.3, 0.4) is 0 Å². The van der Waals surface area contributed by atoms with Crippen molar-refractivity contribution >= 4 is 57.5 Å². The van der Waals surface area contributed by atoms with Crippen LogP contribution in [0.1, 0.15) is 224 Å². The van der Waals surface area contributed by atoms with Gasteiger partial charge in [0.1, 0.15) is 28.9 Å². The second-order valence-electron chi connectivity index (χ2n) is 26.3. The third-order valence-corrected chi connectivity index (χ3v) is 12.1. The third kappa shape index (κ3) is 35.0. The van der Waals surface area contributed by atoms with Gasteiger partial charge in [-0.2, -0.15) is 0 Å². The number of benzene rings is 2. The van der Waals surface area contributed by atoms with Gasteiger partial charge in [0, 0.05) is 74.8 Å². The number of ketones is 6. The minimum atomic E-state index is -0.655. The number of hydrogen-bond donors (Lipinski definition) is 0. The minimum absolute atomic E-state index is 0. The van der Waals surface area contributed by atoms with Gasteiger partial charge in [-0.1, -0.05) is 189 Å². The lowest BCUT2D eigenvalue weighted by Gasteiger charge is -2.21. The summed E-state index contributed by atoms with van der Waals surface area (Å²) in [6.45, 7) is 38.3. The fourth-order valence-electron chi connectivity index (χ4n) is 8.16. The van der Waals surface area contributed by atoms with Crippen molar-refractivity contribution in [3.05, 3.63) is 82.4 Å². The summed E-state index contributed by atoms with van der Waals surface area (Å²) in [6, 6.07) is 16.1. The molecule has 0 amide bonds. The van der Waals surface area contributed by atoms with E-state index >= 15 is 0 Å². The van der Waals surface area contributed by atoms with Crippen LogP contribution < -0.4 is 0 Å². The molecule has 0 spiro atoms. The van der Waals surface area contributed by atoms with Crippen LogP contribution in [-0.4, -0.2) is 51.8 Å². The summed E-state index contributed by atoms with van der Waals surface area (Å²) < 4.78 is 0. The van der Waals surface area contributed by atoms with Crippen molar-refractivity contribution in [3.8, 4) is 0 Å². The molecule has 2 aliphatic carbocycles. The van der Waals surface area contributed by atoms with Gasteiger partial charge in [-0.15, -0.1) is 0 Å². The van der Waals surface area contributed by atoms with Gasteiger partial charge in [0.15, 0.2) is 5.78 Å². The highest BCUT2D eigenvalue weighted by Gasteiger charge is 2.55. The summed E-state index contributed by atoms with van der Waals surface area (Å²) in [4.78, 5) is 75.7. The largest absolute Gasteiger partial charge is 0.300 e. The molecule has 7 nitrogen and oxygen atoms in total. The van der Waals surface area contributed by atoms with Gasteiger partial charge in [-0.05, 0) is 110 Å². The maximum atomic E-state index is 12.5. The van der Waals surface area contributed by atoms with E-state index in [9.17, 15) is 28.8 Å². The fraction of sp³-hybridized carbons (Fsp3) is 0.662. The molecule has 2 aromatic carbocycles. The average molecular weight is 1030 g/mol. The number of aryl methyl sites for hydroxylation is 2. The molecule has 3 aliphatic rings. The molecule has 73 heavy (non-hydrogen) atoms. The Bertz CT molecular complexity index is 2080. The molecule has 1 aliphatic heterocycles. The molecule has 0 aromatic heterocycles. The van der Waals surface area contributed by atoms with Crippen LogP contribution in [0.5, 0.6) is 0 Å². The van der Waals surface area contributed by atoms with Gasteiger partial charge in [-0.3, -0.25) is 33.8 Å². The molecule has 2 fully saturated rings. The van der Waals surface area contributed by atoms with Crippen LogP contribution in [0.4, 0.5) is 0 Å². The zero-order chi connectivity index (χ0) is 55.2. The number of rotatable bonds is 21. The molecule has 2 saturated carbocycles. The first kappa shape index (κ1) is 69.0. The highest BCUT2D eigenvalue weighted by molar-refractivity contribution is 7.80. The van der Waals surface area contributed by atoms with Crippen molar-refractivity contribution < 1.29 is 28.8 Å². The number of Topliss-reactive ketones (excluding diaryl/α,β-unsaturated/α-hetero) is 6. The Kier molecular flexibility index (Phi) is 30.6. The Morgan fingerprint density at radius 2 is 0.986 bits per heavy atom. The molecule has 1 heterocycles.